The van der Waals surface area contributed by atoms with Crippen molar-refractivity contribution in [1.29, 1.82) is 0 Å². The number of rotatable bonds is 10. The van der Waals surface area contributed by atoms with Crippen LogP contribution in [0.5, 0.6) is 0 Å². The van der Waals surface area contributed by atoms with Crippen LogP contribution in [0.1, 0.15) is 34.8 Å². The molecule has 0 radical (unpaired) electrons. The van der Waals surface area contributed by atoms with Gasteiger partial charge in [-0.1, -0.05) is 91.0 Å². The van der Waals surface area contributed by atoms with Crippen LogP contribution in [0.15, 0.2) is 150 Å². The lowest BCUT2D eigenvalue weighted by molar-refractivity contribution is -0.122. The number of hydrogen-bond acceptors (Lipinski definition) is 5. The van der Waals surface area contributed by atoms with Crippen LogP contribution in [0.25, 0.3) is 6.08 Å². The number of nitrogens with zero attached hydrogens (tertiary/aromatic N) is 3. The van der Waals surface area contributed by atoms with Crippen molar-refractivity contribution in [2.24, 2.45) is 4.99 Å². The molecule has 1 amide bonds. The van der Waals surface area contributed by atoms with Gasteiger partial charge in [0.1, 0.15) is 5.84 Å². The fourth-order valence-corrected chi connectivity index (χ4v) is 5.57. The molecule has 1 aliphatic heterocycles. The van der Waals surface area contributed by atoms with Crippen LogP contribution in [-0.2, 0) is 16.0 Å². The molecule has 0 unspecified atom stereocenters. The quantitative estimate of drug-likeness (QED) is 0.118. The molecule has 6 heteroatoms. The van der Waals surface area contributed by atoms with Crippen molar-refractivity contribution in [2.75, 3.05) is 18.1 Å². The Kier molecular flexibility index (Phi) is 9.45. The molecule has 0 saturated carbocycles. The van der Waals surface area contributed by atoms with Crippen molar-refractivity contribution >= 4 is 46.5 Å². The molecular formula is C40H35N3O3. The van der Waals surface area contributed by atoms with Crippen LogP contribution < -0.4 is 4.90 Å². The van der Waals surface area contributed by atoms with Gasteiger partial charge in [0.25, 0.3) is 5.91 Å². The third-order valence-electron chi connectivity index (χ3n) is 7.82. The SMILES string of the molecule is CCOC(=O)c1ccccc1N=C1C/C(=C/c2ccc(N(c3ccccc3)c3ccccc3)cc2)C(=O)N1CCc1ccccc1. The van der Waals surface area contributed by atoms with Gasteiger partial charge in [0.15, 0.2) is 0 Å². The Hall–Kier alpha value is -5.75. The summed E-state index contributed by atoms with van der Waals surface area (Å²) >= 11 is 0. The van der Waals surface area contributed by atoms with Crippen molar-refractivity contribution in [2.45, 2.75) is 19.8 Å². The summed E-state index contributed by atoms with van der Waals surface area (Å²) in [5, 5.41) is 0. The van der Waals surface area contributed by atoms with Crippen molar-refractivity contribution in [3.8, 4) is 0 Å². The first kappa shape index (κ1) is 30.3. The van der Waals surface area contributed by atoms with Gasteiger partial charge in [0.05, 0.1) is 17.9 Å². The predicted octanol–water partition coefficient (Wildman–Crippen LogP) is 8.92. The molecular weight excluding hydrogens is 570 g/mol. The zero-order valence-corrected chi connectivity index (χ0v) is 25.8. The summed E-state index contributed by atoms with van der Waals surface area (Å²) in [4.78, 5) is 35.4. The lowest BCUT2D eigenvalue weighted by Gasteiger charge is -2.25. The lowest BCUT2D eigenvalue weighted by Crippen LogP contribution is -2.31. The fourth-order valence-electron chi connectivity index (χ4n) is 5.57. The van der Waals surface area contributed by atoms with Crippen LogP contribution in [0.4, 0.5) is 22.7 Å². The molecule has 0 N–H and O–H groups in total. The summed E-state index contributed by atoms with van der Waals surface area (Å²) in [7, 11) is 0. The first-order valence-corrected chi connectivity index (χ1v) is 15.5. The number of carbonyl (C=O) groups excluding carboxylic acids is 2. The highest BCUT2D eigenvalue weighted by molar-refractivity contribution is 6.18. The summed E-state index contributed by atoms with van der Waals surface area (Å²) in [5.74, 6) is 0.0981. The van der Waals surface area contributed by atoms with E-state index in [0.29, 0.717) is 42.0 Å². The second-order valence-electron chi connectivity index (χ2n) is 10.9. The normalized spacial score (nSPS) is 14.5. The molecule has 0 atom stereocenters. The van der Waals surface area contributed by atoms with E-state index in [4.69, 9.17) is 9.73 Å². The van der Waals surface area contributed by atoms with Gasteiger partial charge in [-0.25, -0.2) is 9.79 Å². The molecule has 0 spiro atoms. The van der Waals surface area contributed by atoms with Crippen LogP contribution in [-0.4, -0.2) is 35.8 Å². The van der Waals surface area contributed by atoms with E-state index in [2.05, 4.69) is 53.4 Å². The third kappa shape index (κ3) is 6.97. The van der Waals surface area contributed by atoms with Crippen LogP contribution in [0.3, 0.4) is 0 Å². The second-order valence-corrected chi connectivity index (χ2v) is 10.9. The number of carbonyl (C=O) groups is 2. The van der Waals surface area contributed by atoms with Gasteiger partial charge in [0.2, 0.25) is 0 Å². The second kappa shape index (κ2) is 14.4. The molecule has 0 bridgehead atoms. The van der Waals surface area contributed by atoms with Gasteiger partial charge in [-0.05, 0) is 79.1 Å². The highest BCUT2D eigenvalue weighted by Gasteiger charge is 2.32. The van der Waals surface area contributed by atoms with E-state index >= 15 is 0 Å². The highest BCUT2D eigenvalue weighted by atomic mass is 16.5. The minimum Gasteiger partial charge on any atom is -0.462 e. The molecule has 1 heterocycles. The Morgan fingerprint density at radius 3 is 1.96 bits per heavy atom. The third-order valence-corrected chi connectivity index (χ3v) is 7.82. The molecule has 0 aromatic heterocycles. The van der Waals surface area contributed by atoms with E-state index in [1.54, 1.807) is 30.0 Å². The Morgan fingerprint density at radius 2 is 1.33 bits per heavy atom. The number of anilines is 3. The van der Waals surface area contributed by atoms with E-state index < -0.39 is 5.97 Å². The van der Waals surface area contributed by atoms with E-state index in [-0.39, 0.29) is 12.5 Å². The van der Waals surface area contributed by atoms with Crippen molar-refractivity contribution in [1.82, 2.24) is 4.90 Å². The molecule has 0 aliphatic carbocycles. The Bertz CT molecular complexity index is 1810. The molecule has 228 valence electrons. The number of para-hydroxylation sites is 3. The van der Waals surface area contributed by atoms with E-state index in [1.807, 2.05) is 78.9 Å². The predicted molar refractivity (Wildman–Crippen MR) is 185 cm³/mol. The Morgan fingerprint density at radius 1 is 0.761 bits per heavy atom. The van der Waals surface area contributed by atoms with Gasteiger partial charge in [0, 0.05) is 35.6 Å². The van der Waals surface area contributed by atoms with E-state index in [1.165, 1.54) is 0 Å². The van der Waals surface area contributed by atoms with Gasteiger partial charge in [-0.3, -0.25) is 9.69 Å². The fraction of sp³-hybridized carbons (Fsp3) is 0.125. The molecule has 1 aliphatic rings. The number of benzene rings is 5. The summed E-state index contributed by atoms with van der Waals surface area (Å²) in [6.07, 6.45) is 2.98. The largest absolute Gasteiger partial charge is 0.462 e. The van der Waals surface area contributed by atoms with Crippen molar-refractivity contribution < 1.29 is 14.3 Å². The van der Waals surface area contributed by atoms with Gasteiger partial charge < -0.3 is 9.64 Å². The molecule has 5 aromatic rings. The number of likely N-dealkylation sites (tertiary alicyclic amines) is 1. The number of ether oxygens (including phenoxy) is 1. The first-order chi connectivity index (χ1) is 22.6. The lowest BCUT2D eigenvalue weighted by atomic mass is 10.1. The zero-order chi connectivity index (χ0) is 31.7. The minimum absolute atomic E-state index is 0.0810. The molecule has 5 aromatic carbocycles. The number of hydrogen-bond donors (Lipinski definition) is 0. The van der Waals surface area contributed by atoms with Gasteiger partial charge >= 0.3 is 5.97 Å². The van der Waals surface area contributed by atoms with E-state index in [9.17, 15) is 9.59 Å². The Labute approximate surface area is 269 Å². The average molecular weight is 606 g/mol. The molecule has 1 fully saturated rings. The van der Waals surface area contributed by atoms with Crippen molar-refractivity contribution in [3.05, 3.63) is 162 Å². The van der Waals surface area contributed by atoms with Crippen molar-refractivity contribution in [3.63, 3.8) is 0 Å². The van der Waals surface area contributed by atoms with Gasteiger partial charge in [-0.2, -0.15) is 0 Å². The number of amidine groups is 1. The standard InChI is InChI=1S/C40H35N3O3/c1-2-46-40(45)36-20-12-13-21-37(36)41-38-29-32(39(44)42(38)27-26-30-14-6-3-7-15-30)28-31-22-24-35(25-23-31)43(33-16-8-4-9-17-33)34-18-10-5-11-19-34/h3-25,28H,2,26-27,29H2,1H3/b32-28-,41-38?. The maximum Gasteiger partial charge on any atom is 0.340 e. The number of esters is 1. The number of amides is 1. The topological polar surface area (TPSA) is 62.2 Å². The molecule has 1 saturated heterocycles. The van der Waals surface area contributed by atoms with E-state index in [0.717, 1.165) is 28.2 Å². The minimum atomic E-state index is -0.432. The van der Waals surface area contributed by atoms with Crippen LogP contribution in [0, 0.1) is 0 Å². The number of aliphatic imine (C=N–C) groups is 1. The summed E-state index contributed by atoms with van der Waals surface area (Å²) in [6, 6.07) is 45.9. The van der Waals surface area contributed by atoms with Crippen LogP contribution >= 0.6 is 0 Å². The monoisotopic (exact) mass is 605 g/mol. The van der Waals surface area contributed by atoms with Crippen LogP contribution in [0.2, 0.25) is 0 Å². The molecule has 6 rings (SSSR count). The van der Waals surface area contributed by atoms with Gasteiger partial charge in [-0.15, -0.1) is 0 Å². The maximum atomic E-state index is 13.9. The highest BCUT2D eigenvalue weighted by Crippen LogP contribution is 2.35. The summed E-state index contributed by atoms with van der Waals surface area (Å²) in [6.45, 7) is 2.52. The molecule has 6 nitrogen and oxygen atoms in total. The summed E-state index contributed by atoms with van der Waals surface area (Å²) in [5.41, 5.74) is 6.70. The first-order valence-electron chi connectivity index (χ1n) is 15.5. The smallest absolute Gasteiger partial charge is 0.340 e. The maximum absolute atomic E-state index is 13.9. The average Bonchev–Trinajstić information content (AvgIpc) is 3.39. The molecule has 46 heavy (non-hydrogen) atoms. The zero-order valence-electron chi connectivity index (χ0n) is 25.8. The Balaban J connectivity index is 1.31. The summed E-state index contributed by atoms with van der Waals surface area (Å²) < 4.78 is 5.27.